The van der Waals surface area contributed by atoms with Crippen molar-refractivity contribution in [3.05, 3.63) is 30.6 Å². The summed E-state index contributed by atoms with van der Waals surface area (Å²) in [6, 6.07) is 7.89. The van der Waals surface area contributed by atoms with E-state index in [-0.39, 0.29) is 1.43 Å². The fraction of sp³-hybridized carbons (Fsp3) is 0.333. The smallest absolute Gasteiger partial charge is 0.137 e. The number of nitrogens with zero attached hydrogens (tertiary/aromatic N) is 2. The maximum Gasteiger partial charge on any atom is 0.137 e. The van der Waals surface area contributed by atoms with Gasteiger partial charge in [0.2, 0.25) is 0 Å². The van der Waals surface area contributed by atoms with E-state index in [4.69, 9.17) is 5.73 Å². The first-order chi connectivity index (χ1) is 7.92. The molecule has 1 heterocycles. The molecule has 2 rings (SSSR count). The number of benzene rings is 1. The molecule has 0 spiro atoms. The topological polar surface area (TPSA) is 63.8 Å². The van der Waals surface area contributed by atoms with Gasteiger partial charge in [0.1, 0.15) is 12.1 Å². The van der Waals surface area contributed by atoms with Crippen LogP contribution in [0.1, 0.15) is 15.3 Å². The van der Waals surface area contributed by atoms with Crippen molar-refractivity contribution >= 4 is 16.7 Å². The highest BCUT2D eigenvalue weighted by molar-refractivity contribution is 5.88. The van der Waals surface area contributed by atoms with E-state index < -0.39 is 0 Å². The molecule has 0 bridgehead atoms. The third-order valence-corrected chi connectivity index (χ3v) is 1.98. The van der Waals surface area contributed by atoms with Gasteiger partial charge in [-0.25, -0.2) is 9.97 Å². The summed E-state index contributed by atoms with van der Waals surface area (Å²) in [4.78, 5) is 8.33. The summed E-state index contributed by atoms with van der Waals surface area (Å²) in [5.74, 6) is 0.848. The third-order valence-electron chi connectivity index (χ3n) is 1.98. The number of hydrogen-bond acceptors (Lipinski definition) is 4. The number of hydrogen-bond donors (Lipinski definition) is 2. The summed E-state index contributed by atoms with van der Waals surface area (Å²) in [7, 11) is 0. The average molecular weight is 220 g/mol. The molecule has 0 fully saturated rings. The average Bonchev–Trinajstić information content (AvgIpc) is 2.38. The van der Waals surface area contributed by atoms with Gasteiger partial charge in [-0.05, 0) is 12.1 Å². The number of para-hydroxylation sites is 1. The molecule has 0 atom stereocenters. The minimum absolute atomic E-state index is 0. The summed E-state index contributed by atoms with van der Waals surface area (Å²) >= 11 is 0. The highest BCUT2D eigenvalue weighted by atomic mass is 15.0. The Labute approximate surface area is 97.4 Å². The van der Waals surface area contributed by atoms with E-state index in [0.29, 0.717) is 6.54 Å². The SMILES string of the molecule is CC.NCCNc1ncnc2ccccc12.[HH]. The van der Waals surface area contributed by atoms with Crippen molar-refractivity contribution in [1.82, 2.24) is 9.97 Å². The van der Waals surface area contributed by atoms with Crippen molar-refractivity contribution in [1.29, 1.82) is 0 Å². The highest BCUT2D eigenvalue weighted by Crippen LogP contribution is 2.17. The molecule has 0 unspecified atom stereocenters. The molecular weight excluding hydrogens is 200 g/mol. The lowest BCUT2D eigenvalue weighted by atomic mass is 10.2. The fourth-order valence-corrected chi connectivity index (χ4v) is 1.34. The Hall–Kier alpha value is -1.68. The standard InChI is InChI=1S/C10H12N4.C2H6.H2/c11-5-6-12-10-8-3-1-2-4-9(8)13-7-14-10;1-2;/h1-4,7H,5-6,11H2,(H,12,13,14);1-2H3;1H. The summed E-state index contributed by atoms with van der Waals surface area (Å²) in [6.45, 7) is 5.32. The van der Waals surface area contributed by atoms with Crippen molar-refractivity contribution in [2.45, 2.75) is 13.8 Å². The first-order valence-corrected chi connectivity index (χ1v) is 5.55. The summed E-state index contributed by atoms with van der Waals surface area (Å²) < 4.78 is 0. The van der Waals surface area contributed by atoms with Crippen LogP contribution in [0.5, 0.6) is 0 Å². The van der Waals surface area contributed by atoms with Gasteiger partial charge in [-0.1, -0.05) is 26.0 Å². The molecule has 1 aromatic heterocycles. The molecule has 4 nitrogen and oxygen atoms in total. The van der Waals surface area contributed by atoms with E-state index >= 15 is 0 Å². The number of nitrogens with one attached hydrogen (secondary N) is 1. The summed E-state index contributed by atoms with van der Waals surface area (Å²) in [5.41, 5.74) is 6.36. The zero-order valence-electron chi connectivity index (χ0n) is 9.77. The predicted octanol–water partition coefficient (Wildman–Crippen LogP) is 2.27. The molecule has 4 heteroatoms. The molecule has 2 aromatic rings. The first kappa shape index (κ1) is 12.4. The second kappa shape index (κ2) is 6.74. The van der Waals surface area contributed by atoms with Crippen molar-refractivity contribution in [2.24, 2.45) is 5.73 Å². The molecule has 0 amide bonds. The minimum atomic E-state index is 0. The zero-order valence-corrected chi connectivity index (χ0v) is 9.77. The lowest BCUT2D eigenvalue weighted by Crippen LogP contribution is -2.14. The Morgan fingerprint density at radius 2 is 2.00 bits per heavy atom. The molecule has 0 aliphatic heterocycles. The molecule has 0 aliphatic rings. The predicted molar refractivity (Wildman–Crippen MR) is 70.5 cm³/mol. The van der Waals surface area contributed by atoms with Crippen molar-refractivity contribution < 1.29 is 1.43 Å². The van der Waals surface area contributed by atoms with E-state index in [1.54, 1.807) is 6.33 Å². The minimum Gasteiger partial charge on any atom is -0.368 e. The van der Waals surface area contributed by atoms with E-state index in [1.165, 1.54) is 0 Å². The van der Waals surface area contributed by atoms with Crippen molar-refractivity contribution in [3.8, 4) is 0 Å². The lowest BCUT2D eigenvalue weighted by Gasteiger charge is -2.05. The first-order valence-electron chi connectivity index (χ1n) is 5.55. The van der Waals surface area contributed by atoms with Crippen LogP contribution in [0, 0.1) is 0 Å². The van der Waals surface area contributed by atoms with Crippen molar-refractivity contribution in [3.63, 3.8) is 0 Å². The Morgan fingerprint density at radius 1 is 1.25 bits per heavy atom. The van der Waals surface area contributed by atoms with Gasteiger partial charge in [-0.15, -0.1) is 0 Å². The number of rotatable bonds is 3. The van der Waals surface area contributed by atoms with Crippen LogP contribution in [0.3, 0.4) is 0 Å². The molecule has 0 radical (unpaired) electrons. The lowest BCUT2D eigenvalue weighted by molar-refractivity contribution is 1.01. The van der Waals surface area contributed by atoms with Gasteiger partial charge in [0.15, 0.2) is 0 Å². The van der Waals surface area contributed by atoms with Crippen LogP contribution in [0.2, 0.25) is 0 Å². The molecule has 88 valence electrons. The normalized spacial score (nSPS) is 9.44. The summed E-state index contributed by atoms with van der Waals surface area (Å²) in [5, 5.41) is 4.19. The number of fused-ring (bicyclic) bond motifs is 1. The van der Waals surface area contributed by atoms with E-state index in [1.807, 2.05) is 38.1 Å². The summed E-state index contributed by atoms with van der Waals surface area (Å²) in [6.07, 6.45) is 1.56. The number of anilines is 1. The molecule has 1 aromatic carbocycles. The fourth-order valence-electron chi connectivity index (χ4n) is 1.34. The van der Waals surface area contributed by atoms with Crippen LogP contribution in [0.15, 0.2) is 30.6 Å². The zero-order chi connectivity index (χ0) is 11.8. The van der Waals surface area contributed by atoms with E-state index in [2.05, 4.69) is 15.3 Å². The molecule has 0 saturated carbocycles. The molecule has 0 aliphatic carbocycles. The van der Waals surface area contributed by atoms with Crippen LogP contribution in [-0.4, -0.2) is 23.1 Å². The van der Waals surface area contributed by atoms with Crippen LogP contribution in [-0.2, 0) is 0 Å². The highest BCUT2D eigenvalue weighted by Gasteiger charge is 2.00. The number of aromatic nitrogens is 2. The van der Waals surface area contributed by atoms with E-state index in [0.717, 1.165) is 23.3 Å². The second-order valence-corrected chi connectivity index (χ2v) is 2.95. The molecule has 16 heavy (non-hydrogen) atoms. The van der Waals surface area contributed by atoms with Gasteiger partial charge in [-0.3, -0.25) is 0 Å². The molecule has 3 N–H and O–H groups in total. The van der Waals surface area contributed by atoms with Gasteiger partial charge in [0, 0.05) is 19.9 Å². The Balaban J connectivity index is 0.000000811. The Bertz CT molecular complexity index is 428. The maximum absolute atomic E-state index is 5.41. The van der Waals surface area contributed by atoms with Crippen LogP contribution in [0.4, 0.5) is 5.82 Å². The quantitative estimate of drug-likeness (QED) is 0.833. The maximum atomic E-state index is 5.41. The van der Waals surface area contributed by atoms with Gasteiger partial charge >= 0.3 is 0 Å². The third kappa shape index (κ3) is 2.90. The van der Waals surface area contributed by atoms with Crippen molar-refractivity contribution in [2.75, 3.05) is 18.4 Å². The van der Waals surface area contributed by atoms with Gasteiger partial charge in [0.05, 0.1) is 5.52 Å². The van der Waals surface area contributed by atoms with Gasteiger partial charge < -0.3 is 11.1 Å². The van der Waals surface area contributed by atoms with Gasteiger partial charge in [-0.2, -0.15) is 0 Å². The Kier molecular flexibility index (Phi) is 5.22. The molecular formula is C12H20N4. The second-order valence-electron chi connectivity index (χ2n) is 2.95. The monoisotopic (exact) mass is 220 g/mol. The largest absolute Gasteiger partial charge is 0.368 e. The Morgan fingerprint density at radius 3 is 2.75 bits per heavy atom. The number of nitrogens with two attached hydrogens (primary N) is 1. The van der Waals surface area contributed by atoms with Gasteiger partial charge in [0.25, 0.3) is 0 Å². The van der Waals surface area contributed by atoms with Crippen LogP contribution in [0.25, 0.3) is 10.9 Å². The van der Waals surface area contributed by atoms with Crippen LogP contribution < -0.4 is 11.1 Å². The molecule has 0 saturated heterocycles. The van der Waals surface area contributed by atoms with E-state index in [9.17, 15) is 0 Å². The van der Waals surface area contributed by atoms with Crippen LogP contribution >= 0.6 is 0 Å².